The summed E-state index contributed by atoms with van der Waals surface area (Å²) in [5.41, 5.74) is -0.324. The Morgan fingerprint density at radius 2 is 2.06 bits per heavy atom. The van der Waals surface area contributed by atoms with E-state index in [1.165, 1.54) is 11.3 Å². The number of carboxylic acid groups (broad SMARTS) is 1. The molecule has 1 unspecified atom stereocenters. The van der Waals surface area contributed by atoms with Gasteiger partial charge in [0, 0.05) is 6.04 Å². The SMILES string of the molecule is CC(C)(C)C(CC(=O)O)NC(=O)c1ccc(Cl)s1. The van der Waals surface area contributed by atoms with Crippen molar-refractivity contribution in [2.45, 2.75) is 33.2 Å². The molecule has 1 amide bonds. The maximum atomic E-state index is 11.9. The Bertz CT molecular complexity index is 450. The lowest BCUT2D eigenvalue weighted by atomic mass is 9.84. The molecule has 100 valence electrons. The highest BCUT2D eigenvalue weighted by molar-refractivity contribution is 7.17. The maximum absolute atomic E-state index is 11.9. The molecule has 1 heterocycles. The molecule has 0 aliphatic carbocycles. The van der Waals surface area contributed by atoms with Crippen LogP contribution in [0.1, 0.15) is 36.9 Å². The topological polar surface area (TPSA) is 66.4 Å². The van der Waals surface area contributed by atoms with Gasteiger partial charge in [0.05, 0.1) is 15.6 Å². The van der Waals surface area contributed by atoms with Crippen LogP contribution in [0.15, 0.2) is 12.1 Å². The van der Waals surface area contributed by atoms with Crippen LogP contribution in [0, 0.1) is 5.41 Å². The lowest BCUT2D eigenvalue weighted by molar-refractivity contribution is -0.138. The van der Waals surface area contributed by atoms with Crippen LogP contribution in [-0.4, -0.2) is 23.0 Å². The summed E-state index contributed by atoms with van der Waals surface area (Å²) in [6, 6.07) is 2.84. The van der Waals surface area contributed by atoms with Crippen LogP contribution in [0.25, 0.3) is 0 Å². The summed E-state index contributed by atoms with van der Waals surface area (Å²) in [7, 11) is 0. The predicted molar refractivity (Wildman–Crippen MR) is 72.3 cm³/mol. The minimum Gasteiger partial charge on any atom is -0.481 e. The molecule has 1 aromatic heterocycles. The zero-order valence-corrected chi connectivity index (χ0v) is 12.1. The highest BCUT2D eigenvalue weighted by Crippen LogP contribution is 2.25. The van der Waals surface area contributed by atoms with Gasteiger partial charge >= 0.3 is 5.97 Å². The van der Waals surface area contributed by atoms with Crippen LogP contribution >= 0.6 is 22.9 Å². The van der Waals surface area contributed by atoms with E-state index >= 15 is 0 Å². The number of carboxylic acids is 1. The van der Waals surface area contributed by atoms with Crippen LogP contribution in [-0.2, 0) is 4.79 Å². The lowest BCUT2D eigenvalue weighted by Gasteiger charge is -2.30. The van der Waals surface area contributed by atoms with Gasteiger partial charge in [0.25, 0.3) is 5.91 Å². The van der Waals surface area contributed by atoms with Crippen molar-refractivity contribution in [2.24, 2.45) is 5.41 Å². The molecule has 0 aliphatic heterocycles. The number of halogens is 1. The summed E-state index contributed by atoms with van der Waals surface area (Å²) in [6.45, 7) is 5.67. The van der Waals surface area contributed by atoms with Crippen molar-refractivity contribution in [3.63, 3.8) is 0 Å². The fourth-order valence-electron chi connectivity index (χ4n) is 1.41. The number of amides is 1. The number of hydrogen-bond donors (Lipinski definition) is 2. The van der Waals surface area contributed by atoms with Crippen LogP contribution in [0.2, 0.25) is 4.34 Å². The second-order valence-electron chi connectivity index (χ2n) is 5.09. The maximum Gasteiger partial charge on any atom is 0.305 e. The first-order valence-corrected chi connectivity index (χ1v) is 6.67. The molecule has 0 fully saturated rings. The number of carbonyl (C=O) groups is 2. The van der Waals surface area contributed by atoms with E-state index < -0.39 is 12.0 Å². The van der Waals surface area contributed by atoms with E-state index in [0.717, 1.165) is 0 Å². The second kappa shape index (κ2) is 5.71. The number of thiophene rings is 1. The molecule has 4 nitrogen and oxygen atoms in total. The predicted octanol–water partition coefficient (Wildman–Crippen LogP) is 3.02. The molecular weight excluding hydrogens is 274 g/mol. The minimum absolute atomic E-state index is 0.103. The zero-order valence-electron chi connectivity index (χ0n) is 10.5. The molecule has 18 heavy (non-hydrogen) atoms. The normalized spacial score (nSPS) is 13.1. The molecule has 2 N–H and O–H groups in total. The molecule has 6 heteroatoms. The van der Waals surface area contributed by atoms with Crippen molar-refractivity contribution < 1.29 is 14.7 Å². The highest BCUT2D eigenvalue weighted by Gasteiger charge is 2.29. The van der Waals surface area contributed by atoms with Crippen molar-refractivity contribution in [1.29, 1.82) is 0 Å². The third kappa shape index (κ3) is 4.31. The Labute approximate surface area is 115 Å². The Kier molecular flexibility index (Phi) is 4.76. The van der Waals surface area contributed by atoms with Gasteiger partial charge in [-0.05, 0) is 17.5 Å². The van der Waals surface area contributed by atoms with Gasteiger partial charge in [0.2, 0.25) is 0 Å². The molecule has 0 bridgehead atoms. The van der Waals surface area contributed by atoms with Crippen molar-refractivity contribution in [2.75, 3.05) is 0 Å². The summed E-state index contributed by atoms with van der Waals surface area (Å²) < 4.78 is 0.533. The lowest BCUT2D eigenvalue weighted by Crippen LogP contribution is -2.44. The summed E-state index contributed by atoms with van der Waals surface area (Å²) in [5.74, 6) is -1.22. The van der Waals surface area contributed by atoms with Crippen LogP contribution in [0.3, 0.4) is 0 Å². The number of nitrogens with one attached hydrogen (secondary N) is 1. The summed E-state index contributed by atoms with van der Waals surface area (Å²) in [6.07, 6.45) is -0.103. The van der Waals surface area contributed by atoms with Crippen molar-refractivity contribution in [3.8, 4) is 0 Å². The quantitative estimate of drug-likeness (QED) is 0.895. The van der Waals surface area contributed by atoms with Crippen LogP contribution in [0.5, 0.6) is 0 Å². The van der Waals surface area contributed by atoms with E-state index in [9.17, 15) is 9.59 Å². The average molecular weight is 290 g/mol. The molecule has 0 saturated carbocycles. The molecule has 0 radical (unpaired) electrons. The number of aliphatic carboxylic acids is 1. The van der Waals surface area contributed by atoms with Gasteiger partial charge in [-0.15, -0.1) is 11.3 Å². The number of hydrogen-bond acceptors (Lipinski definition) is 3. The standard InChI is InChI=1S/C12H16ClNO3S/c1-12(2,3)8(6-10(15)16)14-11(17)7-4-5-9(13)18-7/h4-5,8H,6H2,1-3H3,(H,14,17)(H,15,16). The summed E-state index contributed by atoms with van der Waals surface area (Å²) in [5, 5.41) is 11.6. The fraction of sp³-hybridized carbons (Fsp3) is 0.500. The van der Waals surface area contributed by atoms with E-state index in [1.54, 1.807) is 12.1 Å². The highest BCUT2D eigenvalue weighted by atomic mass is 35.5. The molecule has 0 aromatic carbocycles. The molecule has 0 spiro atoms. The molecule has 1 aromatic rings. The van der Waals surface area contributed by atoms with E-state index in [2.05, 4.69) is 5.32 Å². The van der Waals surface area contributed by atoms with Gasteiger partial charge in [-0.3, -0.25) is 9.59 Å². The van der Waals surface area contributed by atoms with Gasteiger partial charge in [0.1, 0.15) is 0 Å². The average Bonchev–Trinajstić information content (AvgIpc) is 2.61. The summed E-state index contributed by atoms with van der Waals surface area (Å²) >= 11 is 6.93. The van der Waals surface area contributed by atoms with Crippen molar-refractivity contribution >= 4 is 34.8 Å². The van der Waals surface area contributed by atoms with E-state index in [4.69, 9.17) is 16.7 Å². The minimum atomic E-state index is -0.931. The van der Waals surface area contributed by atoms with Crippen LogP contribution < -0.4 is 5.32 Å². The third-order valence-corrected chi connectivity index (χ3v) is 3.76. The van der Waals surface area contributed by atoms with E-state index in [1.807, 2.05) is 20.8 Å². The monoisotopic (exact) mass is 289 g/mol. The van der Waals surface area contributed by atoms with Crippen LogP contribution in [0.4, 0.5) is 0 Å². The Balaban J connectivity index is 2.78. The smallest absolute Gasteiger partial charge is 0.305 e. The third-order valence-electron chi connectivity index (χ3n) is 2.53. The number of carbonyl (C=O) groups excluding carboxylic acids is 1. The van der Waals surface area contributed by atoms with Gasteiger partial charge in [-0.25, -0.2) is 0 Å². The van der Waals surface area contributed by atoms with Gasteiger partial charge in [0.15, 0.2) is 0 Å². The largest absolute Gasteiger partial charge is 0.481 e. The molecule has 1 rings (SSSR count). The Hall–Kier alpha value is -1.07. The molecular formula is C12H16ClNO3S. The molecule has 1 atom stereocenters. The van der Waals surface area contributed by atoms with Crippen molar-refractivity contribution in [3.05, 3.63) is 21.3 Å². The Morgan fingerprint density at radius 3 is 2.44 bits per heavy atom. The zero-order chi connectivity index (χ0) is 13.9. The number of rotatable bonds is 4. The van der Waals surface area contributed by atoms with Gasteiger partial charge < -0.3 is 10.4 Å². The molecule has 0 saturated heterocycles. The summed E-state index contributed by atoms with van der Waals surface area (Å²) in [4.78, 5) is 23.2. The fourth-order valence-corrected chi connectivity index (χ4v) is 2.36. The Morgan fingerprint density at radius 1 is 1.44 bits per heavy atom. The van der Waals surface area contributed by atoms with E-state index in [0.29, 0.717) is 9.21 Å². The second-order valence-corrected chi connectivity index (χ2v) is 6.81. The van der Waals surface area contributed by atoms with Crippen molar-refractivity contribution in [1.82, 2.24) is 5.32 Å². The first-order valence-electron chi connectivity index (χ1n) is 5.48. The van der Waals surface area contributed by atoms with Gasteiger partial charge in [-0.2, -0.15) is 0 Å². The first kappa shape index (κ1) is 15.0. The van der Waals surface area contributed by atoms with Gasteiger partial charge in [-0.1, -0.05) is 32.4 Å². The molecule has 0 aliphatic rings. The first-order chi connectivity index (χ1) is 8.20. The van der Waals surface area contributed by atoms with E-state index in [-0.39, 0.29) is 17.7 Å².